The van der Waals surface area contributed by atoms with E-state index in [1.165, 1.54) is 0 Å². The molecule has 0 aliphatic heterocycles. The van der Waals surface area contributed by atoms with E-state index in [1.54, 1.807) is 18.3 Å². The minimum Gasteiger partial charge on any atom is -0.228 e. The van der Waals surface area contributed by atoms with Crippen LogP contribution >= 0.6 is 11.3 Å². The van der Waals surface area contributed by atoms with E-state index in [0.29, 0.717) is 0 Å². The van der Waals surface area contributed by atoms with E-state index in [1.807, 2.05) is 49.4 Å². The van der Waals surface area contributed by atoms with Crippen LogP contribution in [0.2, 0.25) is 0 Å². The van der Waals surface area contributed by atoms with E-state index >= 15 is 0 Å². The molecule has 1 heterocycles. The van der Waals surface area contributed by atoms with Gasteiger partial charge >= 0.3 is 0 Å². The molecular weight excluding hydrogens is 264 g/mol. The number of rotatable bonds is 4. The second kappa shape index (κ2) is 5.24. The highest BCUT2D eigenvalue weighted by Gasteiger charge is 2.28. The predicted octanol–water partition coefficient (Wildman–Crippen LogP) is 3.58. The number of hydrogen-bond acceptors (Lipinski definition) is 3. The first-order valence-corrected chi connectivity index (χ1v) is 8.40. The van der Waals surface area contributed by atoms with E-state index in [9.17, 15) is 8.42 Å². The molecule has 0 aliphatic carbocycles. The molecule has 0 N–H and O–H groups in total. The van der Waals surface area contributed by atoms with E-state index in [4.69, 9.17) is 0 Å². The van der Waals surface area contributed by atoms with Crippen molar-refractivity contribution in [2.75, 3.05) is 5.75 Å². The molecule has 4 heteroatoms. The first-order chi connectivity index (χ1) is 8.54. The first kappa shape index (κ1) is 13.3. The summed E-state index contributed by atoms with van der Waals surface area (Å²) in [5, 5.41) is -0.526. The molecule has 2 nitrogen and oxygen atoms in total. The lowest BCUT2D eigenvalue weighted by atomic mass is 10.1. The largest absolute Gasteiger partial charge is 0.228 e. The molecular formula is C14H16O2S2. The Morgan fingerprint density at radius 2 is 1.78 bits per heavy atom. The van der Waals surface area contributed by atoms with Crippen LogP contribution < -0.4 is 0 Å². The SMILES string of the molecule is CCS(=O)(=O)C(c1ccccc1)c1ccc(C)s1. The molecule has 0 saturated heterocycles. The van der Waals surface area contributed by atoms with Gasteiger partial charge in [0, 0.05) is 15.5 Å². The molecule has 96 valence electrons. The van der Waals surface area contributed by atoms with Crippen LogP contribution in [0.5, 0.6) is 0 Å². The van der Waals surface area contributed by atoms with Gasteiger partial charge in [0.15, 0.2) is 9.84 Å². The minimum atomic E-state index is -3.14. The van der Waals surface area contributed by atoms with Crippen molar-refractivity contribution in [3.63, 3.8) is 0 Å². The number of hydrogen-bond donors (Lipinski definition) is 0. The van der Waals surface area contributed by atoms with E-state index < -0.39 is 15.1 Å². The Balaban J connectivity index is 2.55. The zero-order valence-electron chi connectivity index (χ0n) is 10.5. The lowest BCUT2D eigenvalue weighted by Gasteiger charge is -2.15. The Labute approximate surface area is 112 Å². The van der Waals surface area contributed by atoms with Crippen molar-refractivity contribution in [3.8, 4) is 0 Å². The molecule has 0 bridgehead atoms. The minimum absolute atomic E-state index is 0.156. The van der Waals surface area contributed by atoms with Crippen LogP contribution in [0.3, 0.4) is 0 Å². The molecule has 1 atom stereocenters. The van der Waals surface area contributed by atoms with Gasteiger partial charge in [0.05, 0.1) is 0 Å². The fourth-order valence-electron chi connectivity index (χ4n) is 1.94. The summed E-state index contributed by atoms with van der Waals surface area (Å²) in [7, 11) is -3.14. The third-order valence-electron chi connectivity index (χ3n) is 2.88. The van der Waals surface area contributed by atoms with Crippen molar-refractivity contribution in [2.24, 2.45) is 0 Å². The monoisotopic (exact) mass is 280 g/mol. The maximum Gasteiger partial charge on any atom is 0.162 e. The van der Waals surface area contributed by atoms with Crippen molar-refractivity contribution >= 4 is 21.2 Å². The molecule has 0 radical (unpaired) electrons. The van der Waals surface area contributed by atoms with Crippen molar-refractivity contribution in [1.29, 1.82) is 0 Å². The van der Waals surface area contributed by atoms with Gasteiger partial charge in [-0.25, -0.2) is 8.42 Å². The Hall–Kier alpha value is -1.13. The highest BCUT2D eigenvalue weighted by atomic mass is 32.2. The average Bonchev–Trinajstić information content (AvgIpc) is 2.77. The van der Waals surface area contributed by atoms with E-state index in [0.717, 1.165) is 15.3 Å². The van der Waals surface area contributed by atoms with E-state index in [2.05, 4.69) is 0 Å². The van der Waals surface area contributed by atoms with Crippen molar-refractivity contribution in [1.82, 2.24) is 0 Å². The Kier molecular flexibility index (Phi) is 3.88. The fourth-order valence-corrected chi connectivity index (χ4v) is 4.75. The van der Waals surface area contributed by atoms with Gasteiger partial charge in [0.1, 0.15) is 5.25 Å². The second-order valence-corrected chi connectivity index (χ2v) is 7.88. The topological polar surface area (TPSA) is 34.1 Å². The van der Waals surface area contributed by atoms with Crippen molar-refractivity contribution < 1.29 is 8.42 Å². The molecule has 0 aliphatic rings. The van der Waals surface area contributed by atoms with Crippen LogP contribution in [0, 0.1) is 6.92 Å². The average molecular weight is 280 g/mol. The smallest absolute Gasteiger partial charge is 0.162 e. The fraction of sp³-hybridized carbons (Fsp3) is 0.286. The maximum atomic E-state index is 12.3. The van der Waals surface area contributed by atoms with Crippen molar-refractivity contribution in [3.05, 3.63) is 57.8 Å². The van der Waals surface area contributed by atoms with Crippen molar-refractivity contribution in [2.45, 2.75) is 19.1 Å². The summed E-state index contributed by atoms with van der Waals surface area (Å²) in [5.74, 6) is 0.156. The molecule has 0 saturated carbocycles. The summed E-state index contributed by atoms with van der Waals surface area (Å²) in [6, 6.07) is 13.3. The lowest BCUT2D eigenvalue weighted by molar-refractivity contribution is 0.591. The van der Waals surface area contributed by atoms with Crippen LogP contribution in [-0.4, -0.2) is 14.2 Å². The van der Waals surface area contributed by atoms with Gasteiger partial charge in [-0.15, -0.1) is 11.3 Å². The first-order valence-electron chi connectivity index (χ1n) is 5.87. The molecule has 1 aromatic heterocycles. The van der Waals surface area contributed by atoms with Crippen LogP contribution in [0.1, 0.15) is 27.5 Å². The van der Waals surface area contributed by atoms with Gasteiger partial charge in [0.2, 0.25) is 0 Å². The number of benzene rings is 1. The Bertz CT molecular complexity index is 612. The normalized spacial score (nSPS) is 13.4. The highest BCUT2D eigenvalue weighted by Crippen LogP contribution is 2.34. The summed E-state index contributed by atoms with van der Waals surface area (Å²) >= 11 is 1.55. The summed E-state index contributed by atoms with van der Waals surface area (Å²) in [6.07, 6.45) is 0. The zero-order valence-corrected chi connectivity index (χ0v) is 12.1. The van der Waals surface area contributed by atoms with E-state index in [-0.39, 0.29) is 5.75 Å². The van der Waals surface area contributed by atoms with Crippen LogP contribution in [0.4, 0.5) is 0 Å². The molecule has 0 spiro atoms. The summed E-state index contributed by atoms with van der Waals surface area (Å²) in [5.41, 5.74) is 0.848. The van der Waals surface area contributed by atoms with Crippen LogP contribution in [0.15, 0.2) is 42.5 Å². The summed E-state index contributed by atoms with van der Waals surface area (Å²) in [4.78, 5) is 2.04. The van der Waals surface area contributed by atoms with Gasteiger partial charge < -0.3 is 0 Å². The van der Waals surface area contributed by atoms with Gasteiger partial charge in [0.25, 0.3) is 0 Å². The third kappa shape index (κ3) is 2.65. The number of thiophene rings is 1. The Morgan fingerprint density at radius 3 is 2.28 bits per heavy atom. The highest BCUT2D eigenvalue weighted by molar-refractivity contribution is 7.91. The molecule has 0 fully saturated rings. The molecule has 2 rings (SSSR count). The summed E-state index contributed by atoms with van der Waals surface area (Å²) in [6.45, 7) is 3.69. The van der Waals surface area contributed by atoms with Gasteiger partial charge in [-0.2, -0.15) is 0 Å². The van der Waals surface area contributed by atoms with Crippen LogP contribution in [0.25, 0.3) is 0 Å². The predicted molar refractivity (Wildman–Crippen MR) is 76.8 cm³/mol. The lowest BCUT2D eigenvalue weighted by Crippen LogP contribution is -2.15. The van der Waals surface area contributed by atoms with Gasteiger partial charge in [-0.05, 0) is 24.6 Å². The molecule has 2 aromatic rings. The third-order valence-corrected chi connectivity index (χ3v) is 6.15. The summed E-state index contributed by atoms with van der Waals surface area (Å²) < 4.78 is 24.6. The Morgan fingerprint density at radius 1 is 1.11 bits per heavy atom. The molecule has 0 amide bonds. The quantitative estimate of drug-likeness (QED) is 0.858. The zero-order chi connectivity index (χ0) is 13.2. The molecule has 1 aromatic carbocycles. The maximum absolute atomic E-state index is 12.3. The second-order valence-electron chi connectivity index (χ2n) is 4.19. The molecule has 18 heavy (non-hydrogen) atoms. The number of sulfone groups is 1. The van der Waals surface area contributed by atoms with Gasteiger partial charge in [-0.1, -0.05) is 37.3 Å². The van der Waals surface area contributed by atoms with Gasteiger partial charge in [-0.3, -0.25) is 0 Å². The molecule has 1 unspecified atom stereocenters. The van der Waals surface area contributed by atoms with Crippen LogP contribution in [-0.2, 0) is 9.84 Å². The number of aryl methyl sites for hydroxylation is 1. The standard InChI is InChI=1S/C14H16O2S2/c1-3-18(15,16)14(12-7-5-4-6-8-12)13-10-9-11(2)17-13/h4-10,14H,3H2,1-2H3.